The molecule has 2 rings (SSSR count). The van der Waals surface area contributed by atoms with Crippen LogP contribution in [0.5, 0.6) is 0 Å². The summed E-state index contributed by atoms with van der Waals surface area (Å²) in [6, 6.07) is 0. The van der Waals surface area contributed by atoms with Gasteiger partial charge in [0.25, 0.3) is 0 Å². The molecule has 1 aromatic rings. The van der Waals surface area contributed by atoms with Gasteiger partial charge < -0.3 is 9.30 Å². The van der Waals surface area contributed by atoms with Gasteiger partial charge in [0.05, 0.1) is 6.54 Å². The topological polar surface area (TPSA) is 47.4 Å². The lowest BCUT2D eigenvalue weighted by molar-refractivity contribution is 0.0195. The monoisotopic (exact) mass is 349 g/mol. The first kappa shape index (κ1) is 12.7. The summed E-state index contributed by atoms with van der Waals surface area (Å²) in [7, 11) is 0. The van der Waals surface area contributed by atoms with Crippen LogP contribution in [0.3, 0.4) is 0 Å². The Hall–Kier alpha value is -0.790. The smallest absolute Gasteiger partial charge is 0.410 e. The molecule has 17 heavy (non-hydrogen) atoms. The van der Waals surface area contributed by atoms with Gasteiger partial charge in [-0.1, -0.05) is 0 Å². The van der Waals surface area contributed by atoms with Crippen LogP contribution in [0.15, 0.2) is 6.20 Å². The average molecular weight is 349 g/mol. The maximum Gasteiger partial charge on any atom is 0.410 e. The molecule has 0 fully saturated rings. The fraction of sp³-hybridized carbons (Fsp3) is 0.636. The molecule has 0 atom stereocenters. The van der Waals surface area contributed by atoms with E-state index >= 15 is 0 Å². The van der Waals surface area contributed by atoms with Crippen molar-refractivity contribution in [3.8, 4) is 0 Å². The molecule has 1 aliphatic rings. The zero-order chi connectivity index (χ0) is 12.6. The summed E-state index contributed by atoms with van der Waals surface area (Å²) in [5.74, 6) is 0.923. The fourth-order valence-electron chi connectivity index (χ4n) is 1.70. The molecule has 1 aliphatic heterocycles. The van der Waals surface area contributed by atoms with Crippen LogP contribution in [0.1, 0.15) is 26.6 Å². The first-order chi connectivity index (χ1) is 7.85. The first-order valence-electron chi connectivity index (χ1n) is 5.54. The third kappa shape index (κ3) is 3.11. The molecule has 0 unspecified atom stereocenters. The second-order valence-corrected chi connectivity index (χ2v) is 6.18. The molecule has 0 radical (unpaired) electrons. The number of carbonyl (C=O) groups excluding carboxylic acids is 1. The largest absolute Gasteiger partial charge is 0.444 e. The number of rotatable bonds is 0. The molecule has 1 aromatic heterocycles. The Labute approximate surface area is 114 Å². The van der Waals surface area contributed by atoms with E-state index in [-0.39, 0.29) is 6.09 Å². The van der Waals surface area contributed by atoms with Gasteiger partial charge >= 0.3 is 6.09 Å². The van der Waals surface area contributed by atoms with Crippen LogP contribution in [0.2, 0.25) is 0 Å². The highest BCUT2D eigenvalue weighted by Crippen LogP contribution is 2.17. The maximum atomic E-state index is 11.9. The van der Waals surface area contributed by atoms with E-state index in [1.54, 1.807) is 4.90 Å². The number of ether oxygens (including phenoxy) is 1. The number of aromatic nitrogens is 2. The molecule has 1 amide bonds. The van der Waals surface area contributed by atoms with Gasteiger partial charge in [0.1, 0.15) is 15.1 Å². The van der Waals surface area contributed by atoms with Gasteiger partial charge in [0.15, 0.2) is 0 Å². The zero-order valence-electron chi connectivity index (χ0n) is 10.2. The van der Waals surface area contributed by atoms with Crippen LogP contribution in [-0.4, -0.2) is 32.7 Å². The van der Waals surface area contributed by atoms with E-state index in [1.807, 2.05) is 27.0 Å². The van der Waals surface area contributed by atoms with Gasteiger partial charge in [0, 0.05) is 19.3 Å². The summed E-state index contributed by atoms with van der Waals surface area (Å²) in [6.45, 7) is 7.60. The number of carbonyl (C=O) groups is 1. The standard InChI is InChI=1S/C11H16IN3O2/c1-11(2,3)17-10(16)15-5-4-14-6-8(12)13-9(14)7-15/h6H,4-5,7H2,1-3H3. The normalized spacial score (nSPS) is 15.6. The van der Waals surface area contributed by atoms with E-state index in [9.17, 15) is 4.79 Å². The van der Waals surface area contributed by atoms with E-state index in [4.69, 9.17) is 4.74 Å². The number of halogens is 1. The number of amides is 1. The summed E-state index contributed by atoms with van der Waals surface area (Å²) < 4.78 is 8.39. The maximum absolute atomic E-state index is 11.9. The van der Waals surface area contributed by atoms with Gasteiger partial charge in [0.2, 0.25) is 0 Å². The van der Waals surface area contributed by atoms with E-state index in [1.165, 1.54) is 0 Å². The lowest BCUT2D eigenvalue weighted by atomic mass is 10.2. The van der Waals surface area contributed by atoms with Crippen molar-refractivity contribution >= 4 is 28.7 Å². The Kier molecular flexibility index (Phi) is 3.33. The van der Waals surface area contributed by atoms with Crippen molar-refractivity contribution in [3.63, 3.8) is 0 Å². The molecule has 0 saturated heterocycles. The highest BCUT2D eigenvalue weighted by molar-refractivity contribution is 14.1. The van der Waals surface area contributed by atoms with E-state index in [0.29, 0.717) is 13.1 Å². The number of imidazole rings is 1. The third-order valence-corrected chi connectivity index (χ3v) is 2.94. The van der Waals surface area contributed by atoms with Gasteiger partial charge in [-0.05, 0) is 43.4 Å². The van der Waals surface area contributed by atoms with Crippen LogP contribution in [0.25, 0.3) is 0 Å². The third-order valence-electron chi connectivity index (χ3n) is 2.42. The van der Waals surface area contributed by atoms with Gasteiger partial charge in [-0.25, -0.2) is 9.78 Å². The zero-order valence-corrected chi connectivity index (χ0v) is 12.4. The average Bonchev–Trinajstić information content (AvgIpc) is 2.53. The van der Waals surface area contributed by atoms with Crippen molar-refractivity contribution in [2.24, 2.45) is 0 Å². The Morgan fingerprint density at radius 3 is 2.82 bits per heavy atom. The summed E-state index contributed by atoms with van der Waals surface area (Å²) >= 11 is 2.18. The molecule has 0 saturated carbocycles. The van der Waals surface area contributed by atoms with E-state index in [2.05, 4.69) is 32.1 Å². The Bertz CT molecular complexity index is 436. The molecule has 0 aliphatic carbocycles. The van der Waals surface area contributed by atoms with Crippen LogP contribution in [0, 0.1) is 3.70 Å². The first-order valence-corrected chi connectivity index (χ1v) is 6.62. The number of hydrogen-bond acceptors (Lipinski definition) is 3. The second kappa shape index (κ2) is 4.47. The number of fused-ring (bicyclic) bond motifs is 1. The van der Waals surface area contributed by atoms with Crippen molar-refractivity contribution in [1.82, 2.24) is 14.5 Å². The Morgan fingerprint density at radius 2 is 2.18 bits per heavy atom. The minimum absolute atomic E-state index is 0.262. The molecule has 94 valence electrons. The lowest BCUT2D eigenvalue weighted by Gasteiger charge is -2.30. The van der Waals surface area contributed by atoms with E-state index < -0.39 is 5.60 Å². The fourth-order valence-corrected chi connectivity index (χ4v) is 2.31. The molecule has 0 N–H and O–H groups in total. The van der Waals surface area contributed by atoms with Crippen molar-refractivity contribution in [2.45, 2.75) is 39.5 Å². The Morgan fingerprint density at radius 1 is 1.47 bits per heavy atom. The van der Waals surface area contributed by atoms with E-state index in [0.717, 1.165) is 16.1 Å². The predicted octanol–water partition coefficient (Wildman–Crippen LogP) is 2.24. The molecule has 0 bridgehead atoms. The summed E-state index contributed by atoms with van der Waals surface area (Å²) in [6.07, 6.45) is 1.74. The number of hydrogen-bond donors (Lipinski definition) is 0. The SMILES string of the molecule is CC(C)(C)OC(=O)N1CCn2cc(I)nc2C1. The highest BCUT2D eigenvalue weighted by atomic mass is 127. The van der Waals surface area contributed by atoms with Gasteiger partial charge in [-0.3, -0.25) is 4.90 Å². The summed E-state index contributed by atoms with van der Waals surface area (Å²) in [4.78, 5) is 18.0. The molecule has 2 heterocycles. The van der Waals surface area contributed by atoms with Crippen LogP contribution in [0.4, 0.5) is 4.79 Å². The Balaban J connectivity index is 2.05. The van der Waals surface area contributed by atoms with Crippen molar-refractivity contribution in [2.75, 3.05) is 6.54 Å². The molecule has 6 heteroatoms. The predicted molar refractivity (Wildman–Crippen MR) is 71.6 cm³/mol. The minimum Gasteiger partial charge on any atom is -0.444 e. The van der Waals surface area contributed by atoms with Crippen molar-refractivity contribution < 1.29 is 9.53 Å². The molecular weight excluding hydrogens is 333 g/mol. The quantitative estimate of drug-likeness (QED) is 0.675. The minimum atomic E-state index is -0.446. The van der Waals surface area contributed by atoms with Crippen LogP contribution < -0.4 is 0 Å². The highest BCUT2D eigenvalue weighted by Gasteiger charge is 2.26. The van der Waals surface area contributed by atoms with Crippen molar-refractivity contribution in [3.05, 3.63) is 15.7 Å². The van der Waals surface area contributed by atoms with Crippen LogP contribution >= 0.6 is 22.6 Å². The number of nitrogens with zero attached hydrogens (tertiary/aromatic N) is 3. The second-order valence-electron chi connectivity index (χ2n) is 5.08. The summed E-state index contributed by atoms with van der Waals surface area (Å²) in [5, 5.41) is 0. The summed E-state index contributed by atoms with van der Waals surface area (Å²) in [5.41, 5.74) is -0.446. The molecule has 0 aromatic carbocycles. The molecule has 0 spiro atoms. The molecular formula is C11H16IN3O2. The molecule has 5 nitrogen and oxygen atoms in total. The van der Waals surface area contributed by atoms with Crippen molar-refractivity contribution in [1.29, 1.82) is 0 Å². The van der Waals surface area contributed by atoms with Gasteiger partial charge in [-0.2, -0.15) is 0 Å². The van der Waals surface area contributed by atoms with Crippen LogP contribution in [-0.2, 0) is 17.8 Å². The lowest BCUT2D eigenvalue weighted by Crippen LogP contribution is -2.41. The van der Waals surface area contributed by atoms with Gasteiger partial charge in [-0.15, -0.1) is 0 Å².